The van der Waals surface area contributed by atoms with Crippen molar-refractivity contribution in [1.82, 2.24) is 15.3 Å². The first-order valence-electron chi connectivity index (χ1n) is 7.35. The van der Waals surface area contributed by atoms with Crippen molar-refractivity contribution < 1.29 is 4.79 Å². The van der Waals surface area contributed by atoms with Crippen LogP contribution in [0, 0.1) is 0 Å². The van der Waals surface area contributed by atoms with Crippen LogP contribution >= 0.6 is 0 Å². The van der Waals surface area contributed by atoms with E-state index in [1.807, 2.05) is 20.8 Å². The van der Waals surface area contributed by atoms with Crippen LogP contribution in [0.5, 0.6) is 0 Å². The van der Waals surface area contributed by atoms with Crippen molar-refractivity contribution in [3.8, 4) is 0 Å². The van der Waals surface area contributed by atoms with E-state index in [2.05, 4.69) is 20.2 Å². The first-order valence-corrected chi connectivity index (χ1v) is 7.35. The van der Waals surface area contributed by atoms with Crippen LogP contribution in [-0.4, -0.2) is 34.5 Å². The van der Waals surface area contributed by atoms with Gasteiger partial charge in [-0.1, -0.05) is 12.8 Å². The van der Waals surface area contributed by atoms with Crippen LogP contribution in [-0.2, 0) is 0 Å². The fraction of sp³-hybridized carbons (Fsp3) is 0.667. The van der Waals surface area contributed by atoms with Gasteiger partial charge in [0.15, 0.2) is 0 Å². The summed E-state index contributed by atoms with van der Waals surface area (Å²) in [5.41, 5.74) is 0.263. The zero-order chi connectivity index (χ0) is 14.6. The van der Waals surface area contributed by atoms with E-state index in [-0.39, 0.29) is 11.4 Å². The van der Waals surface area contributed by atoms with Crippen LogP contribution in [0.3, 0.4) is 0 Å². The Hall–Kier alpha value is -1.65. The van der Waals surface area contributed by atoms with Gasteiger partial charge >= 0.3 is 0 Å². The summed E-state index contributed by atoms with van der Waals surface area (Å²) in [7, 11) is 0. The zero-order valence-electron chi connectivity index (χ0n) is 12.6. The lowest BCUT2D eigenvalue weighted by molar-refractivity contribution is 0.0919. The van der Waals surface area contributed by atoms with Gasteiger partial charge in [0, 0.05) is 31.0 Å². The van der Waals surface area contributed by atoms with Crippen molar-refractivity contribution in [2.45, 2.75) is 52.0 Å². The van der Waals surface area contributed by atoms with Gasteiger partial charge in [-0.15, -0.1) is 0 Å². The molecule has 1 amide bonds. The molecule has 0 unspecified atom stereocenters. The molecule has 1 aromatic rings. The molecule has 1 saturated heterocycles. The van der Waals surface area contributed by atoms with Gasteiger partial charge in [-0.05, 0) is 33.6 Å². The SMILES string of the molecule is CC(C)(C)NC(=O)c1cnc(N2CCCCCC2)nc1. The number of carbonyl (C=O) groups excluding carboxylic acids is 1. The number of amides is 1. The number of nitrogens with zero attached hydrogens (tertiary/aromatic N) is 3. The second kappa shape index (κ2) is 6.20. The standard InChI is InChI=1S/C15H24N4O/c1-15(2,3)18-13(20)12-10-16-14(17-11-12)19-8-6-4-5-7-9-19/h10-11H,4-9H2,1-3H3,(H,18,20). The van der Waals surface area contributed by atoms with Gasteiger partial charge in [-0.2, -0.15) is 0 Å². The summed E-state index contributed by atoms with van der Waals surface area (Å²) in [6.07, 6.45) is 8.18. The highest BCUT2D eigenvalue weighted by Gasteiger charge is 2.17. The molecule has 2 rings (SSSR count). The number of aromatic nitrogens is 2. The molecular formula is C15H24N4O. The van der Waals surface area contributed by atoms with E-state index in [4.69, 9.17) is 0 Å². The van der Waals surface area contributed by atoms with Gasteiger partial charge in [0.05, 0.1) is 5.56 Å². The van der Waals surface area contributed by atoms with Crippen molar-refractivity contribution in [3.05, 3.63) is 18.0 Å². The largest absolute Gasteiger partial charge is 0.347 e. The highest BCUT2D eigenvalue weighted by atomic mass is 16.1. The molecule has 2 heterocycles. The van der Waals surface area contributed by atoms with E-state index in [1.54, 1.807) is 12.4 Å². The molecule has 1 aromatic heterocycles. The Kier molecular flexibility index (Phi) is 4.57. The molecule has 0 bridgehead atoms. The molecule has 5 heteroatoms. The summed E-state index contributed by atoms with van der Waals surface area (Å²) in [4.78, 5) is 22.9. The Bertz CT molecular complexity index is 442. The zero-order valence-corrected chi connectivity index (χ0v) is 12.6. The van der Waals surface area contributed by atoms with Gasteiger partial charge in [0.1, 0.15) is 0 Å². The molecule has 5 nitrogen and oxygen atoms in total. The predicted molar refractivity (Wildman–Crippen MR) is 79.9 cm³/mol. The first-order chi connectivity index (χ1) is 9.46. The molecular weight excluding hydrogens is 252 g/mol. The van der Waals surface area contributed by atoms with Gasteiger partial charge in [-0.3, -0.25) is 4.79 Å². The lowest BCUT2D eigenvalue weighted by Crippen LogP contribution is -2.40. The third kappa shape index (κ3) is 4.18. The summed E-state index contributed by atoms with van der Waals surface area (Å²) >= 11 is 0. The lowest BCUT2D eigenvalue weighted by atomic mass is 10.1. The second-order valence-corrected chi connectivity index (χ2v) is 6.38. The van der Waals surface area contributed by atoms with Crippen LogP contribution in [0.1, 0.15) is 56.8 Å². The number of hydrogen-bond acceptors (Lipinski definition) is 4. The number of nitrogens with one attached hydrogen (secondary N) is 1. The van der Waals surface area contributed by atoms with Crippen LogP contribution in [0.4, 0.5) is 5.95 Å². The molecule has 20 heavy (non-hydrogen) atoms. The second-order valence-electron chi connectivity index (χ2n) is 6.38. The Labute approximate surface area is 120 Å². The minimum atomic E-state index is -0.249. The van der Waals surface area contributed by atoms with Crippen molar-refractivity contribution in [3.63, 3.8) is 0 Å². The van der Waals surface area contributed by atoms with Crippen LogP contribution in [0.2, 0.25) is 0 Å². The predicted octanol–water partition coefficient (Wildman–Crippen LogP) is 2.39. The van der Waals surface area contributed by atoms with E-state index in [0.29, 0.717) is 5.56 Å². The Balaban J connectivity index is 2.03. The first kappa shape index (κ1) is 14.8. The maximum Gasteiger partial charge on any atom is 0.254 e. The van der Waals surface area contributed by atoms with Crippen molar-refractivity contribution in [2.75, 3.05) is 18.0 Å². The van der Waals surface area contributed by atoms with E-state index in [0.717, 1.165) is 19.0 Å². The maximum atomic E-state index is 12.0. The van der Waals surface area contributed by atoms with Crippen LogP contribution in [0.25, 0.3) is 0 Å². The third-order valence-corrected chi connectivity index (χ3v) is 3.28. The van der Waals surface area contributed by atoms with Gasteiger partial charge < -0.3 is 10.2 Å². The van der Waals surface area contributed by atoms with Gasteiger partial charge in [0.2, 0.25) is 5.95 Å². The molecule has 1 aliphatic heterocycles. The van der Waals surface area contributed by atoms with Crippen LogP contribution in [0.15, 0.2) is 12.4 Å². The molecule has 0 saturated carbocycles. The number of anilines is 1. The lowest BCUT2D eigenvalue weighted by Gasteiger charge is -2.21. The van der Waals surface area contributed by atoms with E-state index < -0.39 is 0 Å². The highest BCUT2D eigenvalue weighted by molar-refractivity contribution is 5.94. The van der Waals surface area contributed by atoms with Crippen molar-refractivity contribution in [1.29, 1.82) is 0 Å². The molecule has 1 N–H and O–H groups in total. The molecule has 1 fully saturated rings. The van der Waals surface area contributed by atoms with E-state index in [9.17, 15) is 4.79 Å². The number of rotatable bonds is 2. The summed E-state index contributed by atoms with van der Waals surface area (Å²) in [5.74, 6) is 0.610. The summed E-state index contributed by atoms with van der Waals surface area (Å²) < 4.78 is 0. The normalized spacial score (nSPS) is 16.6. The Morgan fingerprint density at radius 1 is 1.10 bits per heavy atom. The summed E-state index contributed by atoms with van der Waals surface area (Å²) in [6.45, 7) is 7.88. The van der Waals surface area contributed by atoms with E-state index in [1.165, 1.54) is 25.7 Å². The quantitative estimate of drug-likeness (QED) is 0.901. The molecule has 110 valence electrons. The smallest absolute Gasteiger partial charge is 0.254 e. The summed E-state index contributed by atoms with van der Waals surface area (Å²) in [5, 5.41) is 2.91. The maximum absolute atomic E-state index is 12.0. The Morgan fingerprint density at radius 2 is 1.65 bits per heavy atom. The average molecular weight is 276 g/mol. The highest BCUT2D eigenvalue weighted by Crippen LogP contribution is 2.15. The molecule has 0 atom stereocenters. The third-order valence-electron chi connectivity index (χ3n) is 3.28. The van der Waals surface area contributed by atoms with Crippen LogP contribution < -0.4 is 10.2 Å². The monoisotopic (exact) mass is 276 g/mol. The number of hydrogen-bond donors (Lipinski definition) is 1. The fourth-order valence-electron chi connectivity index (χ4n) is 2.29. The Morgan fingerprint density at radius 3 is 2.15 bits per heavy atom. The topological polar surface area (TPSA) is 58.1 Å². The molecule has 0 aliphatic carbocycles. The van der Waals surface area contributed by atoms with Crippen molar-refractivity contribution >= 4 is 11.9 Å². The van der Waals surface area contributed by atoms with Crippen molar-refractivity contribution in [2.24, 2.45) is 0 Å². The minimum absolute atomic E-state index is 0.125. The molecule has 0 radical (unpaired) electrons. The fourth-order valence-corrected chi connectivity index (χ4v) is 2.29. The molecule has 0 spiro atoms. The molecule has 0 aromatic carbocycles. The van der Waals surface area contributed by atoms with Gasteiger partial charge in [-0.25, -0.2) is 9.97 Å². The van der Waals surface area contributed by atoms with E-state index >= 15 is 0 Å². The number of carbonyl (C=O) groups is 1. The minimum Gasteiger partial charge on any atom is -0.347 e. The molecule has 1 aliphatic rings. The van der Waals surface area contributed by atoms with Gasteiger partial charge in [0.25, 0.3) is 5.91 Å². The summed E-state index contributed by atoms with van der Waals surface area (Å²) in [6, 6.07) is 0. The average Bonchev–Trinajstić information content (AvgIpc) is 2.66.